The Morgan fingerprint density at radius 3 is 1.13 bits per heavy atom. The van der Waals surface area contributed by atoms with Gasteiger partial charge in [-0.2, -0.15) is 10.5 Å². The lowest BCUT2D eigenvalue weighted by Crippen LogP contribution is -2.56. The summed E-state index contributed by atoms with van der Waals surface area (Å²) in [5, 5.41) is 21.0. The van der Waals surface area contributed by atoms with Crippen LogP contribution in [-0.4, -0.2) is 114 Å². The Balaban J connectivity index is 0.000000268. The monoisotopic (exact) mass is 1330 g/mol. The number of nitrogens with one attached hydrogen (secondary N) is 2. The zero-order valence-corrected chi connectivity index (χ0v) is 61.1. The molecular weight excluding hydrogens is 1230 g/mol. The van der Waals surface area contributed by atoms with E-state index in [1.165, 1.54) is 10.0 Å². The molecule has 0 spiro atoms. The number of benzene rings is 4. The van der Waals surface area contributed by atoms with Crippen LogP contribution in [0.25, 0.3) is 0 Å². The molecule has 498 valence electrons. The third-order valence-electron chi connectivity index (χ3n) is 18.3. The van der Waals surface area contributed by atoms with Gasteiger partial charge < -0.3 is 37.4 Å². The van der Waals surface area contributed by atoms with Gasteiger partial charge in [-0.05, 0) is 207 Å². The first-order chi connectivity index (χ1) is 42.2. The number of amides is 4. The summed E-state index contributed by atoms with van der Waals surface area (Å²) in [5.74, 6) is -0.619. The maximum absolute atomic E-state index is 13.9. The van der Waals surface area contributed by atoms with Crippen LogP contribution in [0.1, 0.15) is 226 Å². The van der Waals surface area contributed by atoms with Gasteiger partial charge in [-0.25, -0.2) is 10.0 Å². The summed E-state index contributed by atoms with van der Waals surface area (Å²) in [6.07, 6.45) is 1.30. The number of hydrogen-bond acceptors (Lipinski definition) is 14. The van der Waals surface area contributed by atoms with E-state index < -0.39 is 44.2 Å². The zero-order chi connectivity index (χ0) is 69.8. The van der Waals surface area contributed by atoms with Crippen molar-refractivity contribution in [2.75, 3.05) is 13.2 Å². The molecule has 18 nitrogen and oxygen atoms in total. The molecule has 0 aliphatic carbocycles. The summed E-state index contributed by atoms with van der Waals surface area (Å²) < 4.78 is 48.3. The minimum atomic E-state index is -0.738. The first-order valence-corrected chi connectivity index (χ1v) is 32.5. The minimum absolute atomic E-state index is 0.135. The highest BCUT2D eigenvalue weighted by Crippen LogP contribution is 2.44. The van der Waals surface area contributed by atoms with Crippen LogP contribution in [0.5, 0.6) is 11.5 Å². The number of hydrazine groups is 2. The van der Waals surface area contributed by atoms with Gasteiger partial charge in [-0.3, -0.25) is 30.0 Å². The highest BCUT2D eigenvalue weighted by atomic mass is 79.9. The van der Waals surface area contributed by atoms with Gasteiger partial charge in [0.2, 0.25) is 0 Å². The molecule has 0 radical (unpaired) electrons. The van der Waals surface area contributed by atoms with Gasteiger partial charge in [0.15, 0.2) is 13.2 Å². The topological polar surface area (TPSA) is 220 Å². The molecular formula is C70H100B3BrN6O12. The van der Waals surface area contributed by atoms with Gasteiger partial charge in [0.05, 0.1) is 50.2 Å². The van der Waals surface area contributed by atoms with Crippen LogP contribution in [0, 0.1) is 75.0 Å². The molecule has 4 aromatic rings. The number of aryl methyl sites for hydroxylation is 4. The van der Waals surface area contributed by atoms with Crippen LogP contribution in [0.4, 0.5) is 0 Å². The largest absolute Gasteiger partial charge is 0.498 e. The van der Waals surface area contributed by atoms with Crippen LogP contribution in [0.2, 0.25) is 0 Å². The summed E-state index contributed by atoms with van der Waals surface area (Å²) in [6.45, 7) is 51.3. The fourth-order valence-corrected chi connectivity index (χ4v) is 11.9. The summed E-state index contributed by atoms with van der Waals surface area (Å²) >= 11 is 3.41. The van der Waals surface area contributed by atoms with Crippen LogP contribution in [0.15, 0.2) is 65.1 Å². The molecule has 92 heavy (non-hydrogen) atoms. The SMILES string of the molecule is CC1(C)OB(B2OC(C)(C)C(C)(C)O2)OC1(C)C.CC[C@@H](N(NC(=O)c1ccc(B2OC(C)(C)C(C)(C)O2)c(OCC#N)c1C)C(=O)c1cc(C)cc(C)c1)C(C)(C)C.CC[C@@H](N(NC(=O)c1ccc(Br)c(OCC#N)c1C)C(=O)c1cc(C)cc(C)c1)C(C)(C)C. The molecule has 0 unspecified atom stereocenters. The van der Waals surface area contributed by atoms with E-state index in [0.717, 1.165) is 22.3 Å². The minimum Gasteiger partial charge on any atom is -0.479 e. The molecule has 0 bridgehead atoms. The van der Waals surface area contributed by atoms with E-state index in [4.69, 9.17) is 42.7 Å². The van der Waals surface area contributed by atoms with E-state index >= 15 is 0 Å². The molecule has 3 heterocycles. The first-order valence-electron chi connectivity index (χ1n) is 31.7. The number of halogens is 1. The second-order valence-electron chi connectivity index (χ2n) is 29.5. The molecule has 4 aromatic carbocycles. The average Bonchev–Trinajstić information content (AvgIpc) is 1.59. The number of nitrogens with zero attached hydrogens (tertiary/aromatic N) is 4. The lowest BCUT2D eigenvalue weighted by Gasteiger charge is -2.39. The van der Waals surface area contributed by atoms with Crippen molar-refractivity contribution >= 4 is 66.2 Å². The van der Waals surface area contributed by atoms with Crippen LogP contribution in [0.3, 0.4) is 0 Å². The second kappa shape index (κ2) is 29.2. The molecule has 0 aromatic heterocycles. The van der Waals surface area contributed by atoms with Crippen LogP contribution >= 0.6 is 15.9 Å². The Kier molecular flexibility index (Phi) is 24.3. The molecule has 0 saturated carbocycles. The number of carbonyl (C=O) groups excluding carboxylic acids is 4. The molecule has 3 fully saturated rings. The van der Waals surface area contributed by atoms with E-state index in [1.807, 2.05) is 215 Å². The number of ether oxygens (including phenoxy) is 2. The third kappa shape index (κ3) is 17.6. The fraction of sp³-hybridized carbons (Fsp3) is 0.571. The van der Waals surface area contributed by atoms with Gasteiger partial charge in [0.1, 0.15) is 23.6 Å². The molecule has 3 saturated heterocycles. The fourth-order valence-electron chi connectivity index (χ4n) is 11.3. The van der Waals surface area contributed by atoms with E-state index in [0.29, 0.717) is 67.7 Å². The van der Waals surface area contributed by atoms with Crippen molar-refractivity contribution in [2.24, 2.45) is 10.8 Å². The Bertz CT molecular complexity index is 3330. The molecule has 2 atom stereocenters. The highest BCUT2D eigenvalue weighted by molar-refractivity contribution is 9.10. The maximum Gasteiger partial charge on any atom is 0.498 e. The number of nitriles is 2. The molecule has 3 aliphatic heterocycles. The van der Waals surface area contributed by atoms with Gasteiger partial charge in [-0.1, -0.05) is 95.8 Å². The predicted octanol–water partition coefficient (Wildman–Crippen LogP) is 13.6. The van der Waals surface area contributed by atoms with E-state index in [-0.39, 0.29) is 70.3 Å². The van der Waals surface area contributed by atoms with Crippen molar-refractivity contribution in [1.82, 2.24) is 20.9 Å². The summed E-state index contributed by atoms with van der Waals surface area (Å²) in [5.41, 5.74) is 9.96. The van der Waals surface area contributed by atoms with Crippen LogP contribution < -0.4 is 25.8 Å². The van der Waals surface area contributed by atoms with Crippen molar-refractivity contribution in [3.05, 3.63) is 121 Å². The Labute approximate surface area is 558 Å². The van der Waals surface area contributed by atoms with Crippen LogP contribution in [-0.2, 0) is 27.9 Å². The molecule has 2 N–H and O–H groups in total. The van der Waals surface area contributed by atoms with Gasteiger partial charge in [-0.15, -0.1) is 0 Å². The summed E-state index contributed by atoms with van der Waals surface area (Å²) in [7, 11) is -1.69. The second-order valence-corrected chi connectivity index (χ2v) is 30.4. The Morgan fingerprint density at radius 2 is 0.815 bits per heavy atom. The van der Waals surface area contributed by atoms with E-state index in [2.05, 4.69) is 26.8 Å². The van der Waals surface area contributed by atoms with Crippen molar-refractivity contribution in [3.63, 3.8) is 0 Å². The predicted molar refractivity (Wildman–Crippen MR) is 366 cm³/mol. The summed E-state index contributed by atoms with van der Waals surface area (Å²) in [6, 6.07) is 21.6. The van der Waals surface area contributed by atoms with E-state index in [1.54, 1.807) is 38.1 Å². The molecule has 22 heteroatoms. The van der Waals surface area contributed by atoms with Crippen molar-refractivity contribution in [1.29, 1.82) is 10.5 Å². The number of hydrogen-bond donors (Lipinski definition) is 2. The van der Waals surface area contributed by atoms with Gasteiger partial charge in [0, 0.05) is 38.8 Å². The quantitative estimate of drug-likeness (QED) is 0.0886. The molecule has 3 aliphatic rings. The normalized spacial score (nSPS) is 17.9. The first kappa shape index (κ1) is 76.5. The van der Waals surface area contributed by atoms with Crippen molar-refractivity contribution in [3.8, 4) is 23.6 Å². The van der Waals surface area contributed by atoms with Gasteiger partial charge in [0.25, 0.3) is 23.6 Å². The average molecular weight is 1330 g/mol. The standard InChI is InChI=1S/C32H44BN3O5.C26H32BrN3O3.C12H24B2O4/c1-12-26(30(5,6)7)36(29(38)23-18-20(2)17-21(3)19-23)35-28(37)24-13-14-25(27(22(24)4)39-16-15-34)33-40-31(8,9)32(10,11)41-33;1-8-22(26(5,6)7)30(25(32)19-14-16(2)13-17(3)15-19)29-24(31)20-9-10-21(27)23(18(20)4)33-12-11-28;1-9(2)10(3,4)16-13(15-9)14-17-11(5,6)12(7,8)18-14/h13-14,17-19,26H,12,16H2,1-11H3,(H,35,37);9-10,13-15,22H,8,12H2,1-7H3,(H,29,31);1-8H3/t26-;22-;/m11./s1. The lowest BCUT2D eigenvalue weighted by molar-refractivity contribution is 0.00578. The van der Waals surface area contributed by atoms with Crippen molar-refractivity contribution < 1.29 is 56.6 Å². The Morgan fingerprint density at radius 1 is 0.511 bits per heavy atom. The maximum atomic E-state index is 13.9. The van der Waals surface area contributed by atoms with E-state index in [9.17, 15) is 24.4 Å². The third-order valence-corrected chi connectivity index (χ3v) is 19.0. The smallest absolute Gasteiger partial charge is 0.479 e. The molecule has 7 rings (SSSR count). The molecule has 4 amide bonds. The zero-order valence-electron chi connectivity index (χ0n) is 59.6. The highest BCUT2D eigenvalue weighted by Gasteiger charge is 2.64. The van der Waals surface area contributed by atoms with Gasteiger partial charge >= 0.3 is 21.1 Å². The Hall–Kier alpha value is -6.23. The lowest BCUT2D eigenvalue weighted by atomic mass is 9.49. The number of carbonyl (C=O) groups is 4. The number of rotatable bonds is 14. The van der Waals surface area contributed by atoms with Crippen molar-refractivity contribution in [2.45, 2.75) is 239 Å². The summed E-state index contributed by atoms with van der Waals surface area (Å²) in [4.78, 5) is 54.8.